The molecule has 2 atom stereocenters. The number of alkyl carbamates (subject to hydrolysis) is 1. The van der Waals surface area contributed by atoms with E-state index in [2.05, 4.69) is 67.7 Å². The van der Waals surface area contributed by atoms with Crippen LogP contribution in [0.4, 0.5) is 4.79 Å². The Kier molecular flexibility index (Phi) is 8.99. The molecule has 5 nitrogen and oxygen atoms in total. The first-order chi connectivity index (χ1) is 16.5. The van der Waals surface area contributed by atoms with Crippen LogP contribution >= 0.6 is 7.92 Å². The quantitative estimate of drug-likeness (QED) is 0.531. The molecule has 1 N–H and O–H groups in total. The summed E-state index contributed by atoms with van der Waals surface area (Å²) in [6, 6.07) is 16.8. The molecule has 0 bridgehead atoms. The van der Waals surface area contributed by atoms with Crippen LogP contribution < -0.4 is 15.9 Å². The van der Waals surface area contributed by atoms with E-state index in [0.29, 0.717) is 0 Å². The molecule has 0 aliphatic carbocycles. The van der Waals surface area contributed by atoms with Gasteiger partial charge in [-0.3, -0.25) is 4.79 Å². The van der Waals surface area contributed by atoms with Crippen molar-refractivity contribution < 1.29 is 14.3 Å². The zero-order valence-corrected chi connectivity index (χ0v) is 23.2. The highest BCUT2D eigenvalue weighted by molar-refractivity contribution is 7.73. The van der Waals surface area contributed by atoms with Crippen molar-refractivity contribution in [3.05, 3.63) is 59.7 Å². The molecule has 190 valence electrons. The third-order valence-electron chi connectivity index (χ3n) is 6.47. The monoisotopic (exact) mass is 496 g/mol. The molecular weight excluding hydrogens is 455 g/mol. The molecule has 2 aromatic carbocycles. The fourth-order valence-electron chi connectivity index (χ4n) is 4.71. The van der Waals surface area contributed by atoms with E-state index in [1.165, 1.54) is 21.7 Å². The lowest BCUT2D eigenvalue weighted by molar-refractivity contribution is -0.135. The van der Waals surface area contributed by atoms with Gasteiger partial charge in [-0.2, -0.15) is 0 Å². The van der Waals surface area contributed by atoms with Gasteiger partial charge >= 0.3 is 6.09 Å². The molecule has 2 amide bonds. The number of amides is 2. The van der Waals surface area contributed by atoms with Gasteiger partial charge in [-0.1, -0.05) is 62.4 Å². The van der Waals surface area contributed by atoms with Crippen molar-refractivity contribution in [2.75, 3.05) is 12.7 Å². The van der Waals surface area contributed by atoms with E-state index in [1.54, 1.807) is 0 Å². The summed E-state index contributed by atoms with van der Waals surface area (Å²) in [6.45, 7) is 14.5. The number of aryl methyl sites for hydroxylation is 2. The van der Waals surface area contributed by atoms with E-state index in [0.717, 1.165) is 25.5 Å². The van der Waals surface area contributed by atoms with Crippen LogP contribution in [0, 0.1) is 19.8 Å². The van der Waals surface area contributed by atoms with Gasteiger partial charge in [-0.05, 0) is 89.2 Å². The first-order valence-corrected chi connectivity index (χ1v) is 14.2. The second-order valence-corrected chi connectivity index (χ2v) is 13.1. The first kappa shape index (κ1) is 27.2. The number of ether oxygens (including phenoxy) is 1. The number of nitrogens with one attached hydrogen (secondary N) is 1. The Labute approximate surface area is 212 Å². The highest BCUT2D eigenvalue weighted by Gasteiger charge is 2.37. The second-order valence-electron chi connectivity index (χ2n) is 10.9. The summed E-state index contributed by atoms with van der Waals surface area (Å²) < 4.78 is 5.45. The summed E-state index contributed by atoms with van der Waals surface area (Å²) in [6.07, 6.45) is 2.36. The number of likely N-dealkylation sites (tertiary alicyclic amines) is 1. The number of hydrogen-bond acceptors (Lipinski definition) is 3. The molecule has 0 unspecified atom stereocenters. The van der Waals surface area contributed by atoms with E-state index in [-0.39, 0.29) is 17.9 Å². The van der Waals surface area contributed by atoms with Gasteiger partial charge in [-0.15, -0.1) is 0 Å². The van der Waals surface area contributed by atoms with Crippen molar-refractivity contribution in [2.45, 2.75) is 79.0 Å². The van der Waals surface area contributed by atoms with E-state index < -0.39 is 25.7 Å². The average Bonchev–Trinajstić information content (AvgIpc) is 3.23. The van der Waals surface area contributed by atoms with E-state index in [4.69, 9.17) is 4.74 Å². The molecule has 1 aliphatic heterocycles. The SMILES string of the molecule is Cc1ccccc1P(C[C@@H]1CCCN1C(=O)[C@@H](NC(=O)OC(C)(C)C)C(C)C)c1ccccc1C. The molecule has 2 aromatic rings. The Hall–Kier alpha value is -2.39. The third kappa shape index (κ3) is 7.07. The molecule has 0 saturated carbocycles. The van der Waals surface area contributed by atoms with Crippen LogP contribution in [0.25, 0.3) is 0 Å². The van der Waals surface area contributed by atoms with Crippen molar-refractivity contribution in [3.8, 4) is 0 Å². The number of carbonyl (C=O) groups excluding carboxylic acids is 2. The summed E-state index contributed by atoms with van der Waals surface area (Å²) in [5.74, 6) is -0.0385. The second kappa shape index (κ2) is 11.6. The maximum absolute atomic E-state index is 13.7. The zero-order chi connectivity index (χ0) is 25.8. The molecule has 35 heavy (non-hydrogen) atoms. The van der Waals surface area contributed by atoms with Crippen molar-refractivity contribution in [3.63, 3.8) is 0 Å². The molecule has 0 spiro atoms. The van der Waals surface area contributed by atoms with Crippen molar-refractivity contribution in [1.29, 1.82) is 0 Å². The number of rotatable bonds is 7. The van der Waals surface area contributed by atoms with Gasteiger partial charge in [0.2, 0.25) is 5.91 Å². The summed E-state index contributed by atoms with van der Waals surface area (Å²) in [5.41, 5.74) is 1.98. The van der Waals surface area contributed by atoms with Crippen LogP contribution in [0.1, 0.15) is 58.6 Å². The van der Waals surface area contributed by atoms with E-state index in [9.17, 15) is 9.59 Å². The molecule has 6 heteroatoms. The standard InChI is InChI=1S/C29H41N2O3P/c1-20(2)26(30-28(33)34-29(5,6)7)27(32)31-18-12-15-23(31)19-35(24-16-10-8-13-21(24)3)25-17-11-9-14-22(25)4/h8-11,13-14,16-17,20,23,26H,12,15,18-19H2,1-7H3,(H,30,33)/t23-,26-/m0/s1. The smallest absolute Gasteiger partial charge is 0.408 e. The fraction of sp³-hybridized carbons (Fsp3) is 0.517. The molecule has 1 saturated heterocycles. The number of carbonyl (C=O) groups is 2. The van der Waals surface area contributed by atoms with Gasteiger partial charge in [0.05, 0.1) is 0 Å². The number of hydrogen-bond donors (Lipinski definition) is 1. The van der Waals surface area contributed by atoms with Gasteiger partial charge in [0.15, 0.2) is 0 Å². The summed E-state index contributed by atoms with van der Waals surface area (Å²) in [4.78, 5) is 28.3. The van der Waals surface area contributed by atoms with Crippen LogP contribution in [0.2, 0.25) is 0 Å². The number of nitrogens with zero attached hydrogens (tertiary/aromatic N) is 1. The third-order valence-corrected chi connectivity index (χ3v) is 9.42. The minimum atomic E-state index is -0.631. The maximum Gasteiger partial charge on any atom is 0.408 e. The van der Waals surface area contributed by atoms with Gasteiger partial charge in [0.25, 0.3) is 0 Å². The molecule has 1 heterocycles. The van der Waals surface area contributed by atoms with Crippen molar-refractivity contribution >= 4 is 30.5 Å². The molecule has 1 fully saturated rings. The van der Waals surface area contributed by atoms with Gasteiger partial charge < -0.3 is 15.0 Å². The Bertz CT molecular complexity index is 985. The van der Waals surface area contributed by atoms with E-state index in [1.807, 2.05) is 39.5 Å². The number of benzene rings is 2. The average molecular weight is 497 g/mol. The Morgan fingerprint density at radius 1 is 1.03 bits per heavy atom. The molecular formula is C29H41N2O3P. The summed E-state index contributed by atoms with van der Waals surface area (Å²) in [7, 11) is -0.631. The Balaban J connectivity index is 1.86. The zero-order valence-electron chi connectivity index (χ0n) is 22.3. The minimum absolute atomic E-state index is 0.00197. The lowest BCUT2D eigenvalue weighted by atomic mass is 10.0. The first-order valence-electron chi connectivity index (χ1n) is 12.7. The van der Waals surface area contributed by atoms with Crippen LogP contribution in [-0.2, 0) is 9.53 Å². The normalized spacial score (nSPS) is 17.1. The lowest BCUT2D eigenvalue weighted by Crippen LogP contribution is -2.53. The highest BCUT2D eigenvalue weighted by Crippen LogP contribution is 2.40. The molecule has 1 aliphatic rings. The molecule has 3 rings (SSSR count). The van der Waals surface area contributed by atoms with Crippen LogP contribution in [0.5, 0.6) is 0 Å². The molecule has 0 aromatic heterocycles. The Morgan fingerprint density at radius 2 is 1.57 bits per heavy atom. The van der Waals surface area contributed by atoms with Gasteiger partial charge in [0, 0.05) is 12.6 Å². The fourth-order valence-corrected chi connectivity index (χ4v) is 7.70. The van der Waals surface area contributed by atoms with Crippen LogP contribution in [0.15, 0.2) is 48.5 Å². The van der Waals surface area contributed by atoms with Crippen LogP contribution in [-0.4, -0.2) is 47.3 Å². The van der Waals surface area contributed by atoms with Gasteiger partial charge in [0.1, 0.15) is 11.6 Å². The molecule has 0 radical (unpaired) electrons. The lowest BCUT2D eigenvalue weighted by Gasteiger charge is -2.34. The van der Waals surface area contributed by atoms with Crippen LogP contribution in [0.3, 0.4) is 0 Å². The Morgan fingerprint density at radius 3 is 2.06 bits per heavy atom. The van der Waals surface area contributed by atoms with E-state index >= 15 is 0 Å². The van der Waals surface area contributed by atoms with Crippen molar-refractivity contribution in [2.24, 2.45) is 5.92 Å². The van der Waals surface area contributed by atoms with Gasteiger partial charge in [-0.25, -0.2) is 4.79 Å². The largest absolute Gasteiger partial charge is 0.444 e. The summed E-state index contributed by atoms with van der Waals surface area (Å²) >= 11 is 0. The maximum atomic E-state index is 13.7. The highest BCUT2D eigenvalue weighted by atomic mass is 31.1. The predicted molar refractivity (Wildman–Crippen MR) is 146 cm³/mol. The topological polar surface area (TPSA) is 58.6 Å². The summed E-state index contributed by atoms with van der Waals surface area (Å²) in [5, 5.41) is 5.61. The van der Waals surface area contributed by atoms with Crippen molar-refractivity contribution in [1.82, 2.24) is 10.2 Å². The predicted octanol–water partition coefficient (Wildman–Crippen LogP) is 5.28. The minimum Gasteiger partial charge on any atom is -0.444 e.